The molecule has 0 aliphatic rings. The summed E-state index contributed by atoms with van der Waals surface area (Å²) in [6.45, 7) is 6.87. The molecule has 0 atom stereocenters. The molecule has 0 unspecified atom stereocenters. The Balaban J connectivity index is 2.12. The van der Waals surface area contributed by atoms with Gasteiger partial charge < -0.3 is 4.74 Å². The molecule has 0 fully saturated rings. The smallest absolute Gasteiger partial charge is 0.124 e. The summed E-state index contributed by atoms with van der Waals surface area (Å²) in [5.74, 6) is 1.35. The highest BCUT2D eigenvalue weighted by Gasteiger charge is 2.04. The summed E-state index contributed by atoms with van der Waals surface area (Å²) in [4.78, 5) is 0. The lowest BCUT2D eigenvalue weighted by atomic mass is 10.1. The molecule has 2 aromatic carbocycles. The van der Waals surface area contributed by atoms with Crippen LogP contribution in [0.2, 0.25) is 0 Å². The number of ether oxygens (including phenoxy) is 1. The van der Waals surface area contributed by atoms with Crippen LogP contribution in [0.4, 0.5) is 0 Å². The van der Waals surface area contributed by atoms with E-state index in [9.17, 15) is 0 Å². The highest BCUT2D eigenvalue weighted by molar-refractivity contribution is 6.17. The topological polar surface area (TPSA) is 9.23 Å². The first-order valence-corrected chi connectivity index (χ1v) is 6.98. The Kier molecular flexibility index (Phi) is 4.49. The van der Waals surface area contributed by atoms with Crippen LogP contribution >= 0.6 is 11.6 Å². The molecule has 0 amide bonds. The summed E-state index contributed by atoms with van der Waals surface area (Å²) in [7, 11) is 0. The molecule has 0 aliphatic heterocycles. The summed E-state index contributed by atoms with van der Waals surface area (Å²) in [5, 5.41) is 0. The minimum Gasteiger partial charge on any atom is -0.489 e. The van der Waals surface area contributed by atoms with Gasteiger partial charge in [-0.1, -0.05) is 35.9 Å². The second-order valence-corrected chi connectivity index (χ2v) is 5.22. The average molecular weight is 275 g/mol. The molecule has 0 aromatic heterocycles. The zero-order valence-electron chi connectivity index (χ0n) is 11.7. The second kappa shape index (κ2) is 6.12. The van der Waals surface area contributed by atoms with Crippen LogP contribution in [-0.4, -0.2) is 0 Å². The lowest BCUT2D eigenvalue weighted by Crippen LogP contribution is -1.99. The van der Waals surface area contributed by atoms with E-state index in [1.54, 1.807) is 0 Å². The SMILES string of the molecule is Cc1ccc(OCc2ccc(C)c(C)c2)c(CCl)c1. The lowest BCUT2D eigenvalue weighted by Gasteiger charge is -2.11. The molecule has 100 valence electrons. The number of alkyl halides is 1. The van der Waals surface area contributed by atoms with E-state index in [0.29, 0.717) is 12.5 Å². The van der Waals surface area contributed by atoms with Crippen molar-refractivity contribution in [3.63, 3.8) is 0 Å². The van der Waals surface area contributed by atoms with Crippen LogP contribution in [0.1, 0.15) is 27.8 Å². The first-order valence-electron chi connectivity index (χ1n) is 6.44. The molecular weight excluding hydrogens is 256 g/mol. The van der Waals surface area contributed by atoms with Crippen molar-refractivity contribution in [3.05, 3.63) is 64.2 Å². The third-order valence-corrected chi connectivity index (χ3v) is 3.61. The number of halogens is 1. The van der Waals surface area contributed by atoms with E-state index in [1.807, 2.05) is 12.1 Å². The van der Waals surface area contributed by atoms with Crippen LogP contribution in [0.15, 0.2) is 36.4 Å². The fourth-order valence-electron chi connectivity index (χ4n) is 2.01. The van der Waals surface area contributed by atoms with Crippen molar-refractivity contribution in [2.45, 2.75) is 33.3 Å². The Morgan fingerprint density at radius 3 is 2.42 bits per heavy atom. The van der Waals surface area contributed by atoms with Gasteiger partial charge in [-0.3, -0.25) is 0 Å². The Hall–Kier alpha value is -1.47. The van der Waals surface area contributed by atoms with Crippen molar-refractivity contribution in [1.29, 1.82) is 0 Å². The number of aryl methyl sites for hydroxylation is 3. The molecule has 0 heterocycles. The average Bonchev–Trinajstić information content (AvgIpc) is 2.41. The molecule has 2 aromatic rings. The number of hydrogen-bond acceptors (Lipinski definition) is 1. The fraction of sp³-hybridized carbons (Fsp3) is 0.294. The summed E-state index contributed by atoms with van der Waals surface area (Å²) in [6.07, 6.45) is 0. The summed E-state index contributed by atoms with van der Waals surface area (Å²) in [6, 6.07) is 12.5. The zero-order valence-corrected chi connectivity index (χ0v) is 12.4. The minimum atomic E-state index is 0.476. The Labute approximate surface area is 120 Å². The van der Waals surface area contributed by atoms with E-state index in [0.717, 1.165) is 11.3 Å². The maximum absolute atomic E-state index is 5.95. The molecule has 2 heteroatoms. The highest BCUT2D eigenvalue weighted by atomic mass is 35.5. The van der Waals surface area contributed by atoms with Gasteiger partial charge in [-0.15, -0.1) is 11.6 Å². The molecular formula is C17H19ClO. The lowest BCUT2D eigenvalue weighted by molar-refractivity contribution is 0.303. The molecule has 1 nitrogen and oxygen atoms in total. The zero-order chi connectivity index (χ0) is 13.8. The van der Waals surface area contributed by atoms with Crippen LogP contribution < -0.4 is 4.74 Å². The molecule has 0 spiro atoms. The van der Waals surface area contributed by atoms with Crippen molar-refractivity contribution in [1.82, 2.24) is 0 Å². The standard InChI is InChI=1S/C17H19ClO/c1-12-4-7-17(16(8-12)10-18)19-11-15-6-5-13(2)14(3)9-15/h4-9H,10-11H2,1-3H3. The van der Waals surface area contributed by atoms with E-state index in [2.05, 4.69) is 45.0 Å². The minimum absolute atomic E-state index is 0.476. The highest BCUT2D eigenvalue weighted by Crippen LogP contribution is 2.23. The largest absolute Gasteiger partial charge is 0.489 e. The molecule has 0 N–H and O–H groups in total. The quantitative estimate of drug-likeness (QED) is 0.719. The predicted octanol–water partition coefficient (Wildman–Crippen LogP) is 4.93. The summed E-state index contributed by atoms with van der Waals surface area (Å²) < 4.78 is 5.88. The third kappa shape index (κ3) is 3.51. The normalized spacial score (nSPS) is 10.5. The molecule has 0 saturated heterocycles. The first-order chi connectivity index (χ1) is 9.10. The molecule has 19 heavy (non-hydrogen) atoms. The van der Waals surface area contributed by atoms with E-state index >= 15 is 0 Å². The van der Waals surface area contributed by atoms with E-state index in [1.165, 1.54) is 22.3 Å². The summed E-state index contributed by atoms with van der Waals surface area (Å²) in [5.41, 5.74) is 6.03. The van der Waals surface area contributed by atoms with Crippen molar-refractivity contribution in [3.8, 4) is 5.75 Å². The molecule has 0 radical (unpaired) electrons. The Morgan fingerprint density at radius 2 is 1.74 bits per heavy atom. The van der Waals surface area contributed by atoms with Gasteiger partial charge in [0.2, 0.25) is 0 Å². The van der Waals surface area contributed by atoms with Crippen molar-refractivity contribution >= 4 is 11.6 Å². The van der Waals surface area contributed by atoms with Gasteiger partial charge in [-0.05, 0) is 43.5 Å². The third-order valence-electron chi connectivity index (χ3n) is 3.33. The van der Waals surface area contributed by atoms with Crippen molar-refractivity contribution in [2.75, 3.05) is 0 Å². The van der Waals surface area contributed by atoms with E-state index < -0.39 is 0 Å². The van der Waals surface area contributed by atoms with Gasteiger partial charge in [0.1, 0.15) is 12.4 Å². The fourth-order valence-corrected chi connectivity index (χ4v) is 2.22. The van der Waals surface area contributed by atoms with Crippen LogP contribution in [0.25, 0.3) is 0 Å². The number of rotatable bonds is 4. The van der Waals surface area contributed by atoms with E-state index in [-0.39, 0.29) is 0 Å². The van der Waals surface area contributed by atoms with Gasteiger partial charge in [0.15, 0.2) is 0 Å². The molecule has 0 aliphatic carbocycles. The van der Waals surface area contributed by atoms with Crippen LogP contribution in [0, 0.1) is 20.8 Å². The van der Waals surface area contributed by atoms with Gasteiger partial charge in [0.05, 0.1) is 5.88 Å². The Morgan fingerprint density at radius 1 is 0.947 bits per heavy atom. The maximum atomic E-state index is 5.95. The van der Waals surface area contributed by atoms with Crippen LogP contribution in [0.5, 0.6) is 5.75 Å². The van der Waals surface area contributed by atoms with Crippen molar-refractivity contribution in [2.24, 2.45) is 0 Å². The monoisotopic (exact) mass is 274 g/mol. The van der Waals surface area contributed by atoms with Gasteiger partial charge in [0, 0.05) is 5.56 Å². The van der Waals surface area contributed by atoms with Gasteiger partial charge in [-0.2, -0.15) is 0 Å². The number of benzene rings is 2. The number of hydrogen-bond donors (Lipinski definition) is 0. The maximum Gasteiger partial charge on any atom is 0.124 e. The molecule has 2 rings (SSSR count). The van der Waals surface area contributed by atoms with Gasteiger partial charge in [0.25, 0.3) is 0 Å². The van der Waals surface area contributed by atoms with E-state index in [4.69, 9.17) is 16.3 Å². The predicted molar refractivity (Wildman–Crippen MR) is 81.0 cm³/mol. The molecule has 0 saturated carbocycles. The van der Waals surface area contributed by atoms with Crippen LogP contribution in [-0.2, 0) is 12.5 Å². The van der Waals surface area contributed by atoms with Crippen molar-refractivity contribution < 1.29 is 4.74 Å². The Bertz CT molecular complexity index is 575. The summed E-state index contributed by atoms with van der Waals surface area (Å²) >= 11 is 5.95. The second-order valence-electron chi connectivity index (χ2n) is 4.95. The van der Waals surface area contributed by atoms with Crippen LogP contribution in [0.3, 0.4) is 0 Å². The van der Waals surface area contributed by atoms with Gasteiger partial charge >= 0.3 is 0 Å². The van der Waals surface area contributed by atoms with Gasteiger partial charge in [-0.25, -0.2) is 0 Å². The first kappa shape index (κ1) is 14.0. The molecule has 0 bridgehead atoms.